The largest absolute Gasteiger partial charge is 0.383 e. The third-order valence-corrected chi connectivity index (χ3v) is 2.98. The predicted molar refractivity (Wildman–Crippen MR) is 65.4 cm³/mol. The topological polar surface area (TPSA) is 47.7 Å². The maximum Gasteiger partial charge on any atom is 0.0621 e. The highest BCUT2D eigenvalue weighted by molar-refractivity contribution is 4.81. The van der Waals surface area contributed by atoms with Gasteiger partial charge in [-0.15, -0.1) is 0 Å². The van der Waals surface area contributed by atoms with Gasteiger partial charge in [-0.1, -0.05) is 13.8 Å². The first-order valence-corrected chi connectivity index (χ1v) is 6.18. The van der Waals surface area contributed by atoms with Gasteiger partial charge in [-0.2, -0.15) is 0 Å². The number of hydrogen-bond acceptors (Lipinski definition) is 4. The van der Waals surface area contributed by atoms with E-state index in [2.05, 4.69) is 18.7 Å². The van der Waals surface area contributed by atoms with Crippen molar-refractivity contribution in [3.05, 3.63) is 0 Å². The molecule has 1 aliphatic heterocycles. The molecule has 1 fully saturated rings. The molecule has 0 aliphatic carbocycles. The van der Waals surface area contributed by atoms with Crippen molar-refractivity contribution in [2.24, 2.45) is 17.6 Å². The van der Waals surface area contributed by atoms with Crippen LogP contribution >= 0.6 is 0 Å². The highest BCUT2D eigenvalue weighted by atomic mass is 16.5. The lowest BCUT2D eigenvalue weighted by Crippen LogP contribution is -2.41. The fraction of sp³-hybridized carbons (Fsp3) is 1.00. The van der Waals surface area contributed by atoms with Crippen molar-refractivity contribution in [1.29, 1.82) is 0 Å². The van der Waals surface area contributed by atoms with Crippen LogP contribution < -0.4 is 5.73 Å². The van der Waals surface area contributed by atoms with Gasteiger partial charge in [0.2, 0.25) is 0 Å². The first kappa shape index (κ1) is 13.9. The Labute approximate surface area is 99.1 Å². The van der Waals surface area contributed by atoms with Gasteiger partial charge in [0.05, 0.1) is 19.8 Å². The van der Waals surface area contributed by atoms with Crippen LogP contribution in [-0.4, -0.2) is 57.5 Å². The van der Waals surface area contributed by atoms with Crippen LogP contribution in [0, 0.1) is 11.8 Å². The highest BCUT2D eigenvalue weighted by Gasteiger charge is 2.26. The fourth-order valence-electron chi connectivity index (χ4n) is 2.13. The van der Waals surface area contributed by atoms with E-state index in [1.54, 1.807) is 7.11 Å². The number of hydrogen-bond donors (Lipinski definition) is 1. The molecule has 0 radical (unpaired) electrons. The summed E-state index contributed by atoms with van der Waals surface area (Å²) in [6, 6.07) is 0.206. The van der Waals surface area contributed by atoms with Gasteiger partial charge in [0.15, 0.2) is 0 Å². The molecule has 0 saturated carbocycles. The first-order valence-electron chi connectivity index (χ1n) is 6.18. The maximum absolute atomic E-state index is 6.00. The second kappa shape index (κ2) is 7.22. The Morgan fingerprint density at radius 1 is 1.44 bits per heavy atom. The molecule has 0 spiro atoms. The van der Waals surface area contributed by atoms with E-state index in [0.29, 0.717) is 18.4 Å². The molecule has 2 N–H and O–H groups in total. The molecule has 1 aliphatic rings. The van der Waals surface area contributed by atoms with Crippen molar-refractivity contribution >= 4 is 0 Å². The van der Waals surface area contributed by atoms with Gasteiger partial charge >= 0.3 is 0 Å². The lowest BCUT2D eigenvalue weighted by molar-refractivity contribution is 0.120. The van der Waals surface area contributed by atoms with Crippen molar-refractivity contribution in [3.63, 3.8) is 0 Å². The van der Waals surface area contributed by atoms with Crippen molar-refractivity contribution < 1.29 is 9.47 Å². The van der Waals surface area contributed by atoms with Gasteiger partial charge in [0, 0.05) is 38.7 Å². The molecule has 0 aromatic rings. The maximum atomic E-state index is 6.00. The molecular weight excluding hydrogens is 204 g/mol. The van der Waals surface area contributed by atoms with Crippen LogP contribution in [0.3, 0.4) is 0 Å². The van der Waals surface area contributed by atoms with E-state index in [4.69, 9.17) is 15.2 Å². The Bertz CT molecular complexity index is 188. The molecule has 1 saturated heterocycles. The Morgan fingerprint density at radius 2 is 2.19 bits per heavy atom. The SMILES string of the molecule is COCCN(CC(C)C)CC1COCC1N. The Kier molecular flexibility index (Phi) is 6.28. The van der Waals surface area contributed by atoms with Crippen LogP contribution in [-0.2, 0) is 9.47 Å². The molecule has 0 amide bonds. The van der Waals surface area contributed by atoms with Crippen molar-refractivity contribution in [1.82, 2.24) is 4.90 Å². The summed E-state index contributed by atoms with van der Waals surface area (Å²) < 4.78 is 10.5. The third kappa shape index (κ3) is 4.78. The van der Waals surface area contributed by atoms with E-state index < -0.39 is 0 Å². The zero-order valence-corrected chi connectivity index (χ0v) is 10.8. The average molecular weight is 230 g/mol. The zero-order chi connectivity index (χ0) is 12.0. The van der Waals surface area contributed by atoms with E-state index in [9.17, 15) is 0 Å². The third-order valence-electron chi connectivity index (χ3n) is 2.98. The normalized spacial score (nSPS) is 25.9. The monoisotopic (exact) mass is 230 g/mol. The summed E-state index contributed by atoms with van der Waals surface area (Å²) >= 11 is 0. The Hall–Kier alpha value is -0.160. The molecular formula is C12H26N2O2. The molecule has 16 heavy (non-hydrogen) atoms. The molecule has 96 valence electrons. The molecule has 2 unspecified atom stereocenters. The minimum atomic E-state index is 0.206. The minimum absolute atomic E-state index is 0.206. The molecule has 0 bridgehead atoms. The van der Waals surface area contributed by atoms with E-state index in [1.807, 2.05) is 0 Å². The molecule has 4 nitrogen and oxygen atoms in total. The summed E-state index contributed by atoms with van der Waals surface area (Å²) in [4.78, 5) is 2.44. The highest BCUT2D eigenvalue weighted by Crippen LogP contribution is 2.14. The molecule has 1 rings (SSSR count). The number of rotatable bonds is 7. The molecule has 4 heteroatoms. The van der Waals surface area contributed by atoms with E-state index >= 15 is 0 Å². The van der Waals surface area contributed by atoms with Crippen LogP contribution in [0.25, 0.3) is 0 Å². The van der Waals surface area contributed by atoms with Crippen LogP contribution in [0.5, 0.6) is 0 Å². The summed E-state index contributed by atoms with van der Waals surface area (Å²) in [5.41, 5.74) is 6.00. The second-order valence-electron chi connectivity index (χ2n) is 5.11. The summed E-state index contributed by atoms with van der Waals surface area (Å²) in [7, 11) is 1.75. The average Bonchev–Trinajstić information content (AvgIpc) is 2.60. The van der Waals surface area contributed by atoms with Crippen molar-refractivity contribution in [3.8, 4) is 0 Å². The molecule has 1 heterocycles. The Morgan fingerprint density at radius 3 is 2.69 bits per heavy atom. The van der Waals surface area contributed by atoms with Crippen LogP contribution in [0.15, 0.2) is 0 Å². The summed E-state index contributed by atoms with van der Waals surface area (Å²) in [6.07, 6.45) is 0. The lowest BCUT2D eigenvalue weighted by atomic mass is 10.0. The van der Waals surface area contributed by atoms with E-state index in [0.717, 1.165) is 32.8 Å². The van der Waals surface area contributed by atoms with Crippen LogP contribution in [0.2, 0.25) is 0 Å². The molecule has 0 aromatic heterocycles. The molecule has 0 aromatic carbocycles. The van der Waals surface area contributed by atoms with E-state index in [-0.39, 0.29) is 6.04 Å². The smallest absolute Gasteiger partial charge is 0.0621 e. The number of ether oxygens (including phenoxy) is 2. The fourth-order valence-corrected chi connectivity index (χ4v) is 2.13. The number of methoxy groups -OCH3 is 1. The number of nitrogens with zero attached hydrogens (tertiary/aromatic N) is 1. The van der Waals surface area contributed by atoms with Gasteiger partial charge in [-0.3, -0.25) is 0 Å². The number of nitrogens with two attached hydrogens (primary N) is 1. The van der Waals surface area contributed by atoms with Crippen molar-refractivity contribution in [2.45, 2.75) is 19.9 Å². The Balaban J connectivity index is 2.35. The van der Waals surface area contributed by atoms with Crippen molar-refractivity contribution in [2.75, 3.05) is 46.6 Å². The second-order valence-corrected chi connectivity index (χ2v) is 5.11. The zero-order valence-electron chi connectivity index (χ0n) is 10.8. The summed E-state index contributed by atoms with van der Waals surface area (Å²) in [5.74, 6) is 1.16. The molecule has 2 atom stereocenters. The van der Waals surface area contributed by atoms with Crippen LogP contribution in [0.4, 0.5) is 0 Å². The quantitative estimate of drug-likeness (QED) is 0.694. The lowest BCUT2D eigenvalue weighted by Gasteiger charge is -2.27. The minimum Gasteiger partial charge on any atom is -0.383 e. The van der Waals surface area contributed by atoms with Crippen LogP contribution in [0.1, 0.15) is 13.8 Å². The standard InChI is InChI=1S/C12H26N2O2/c1-10(2)6-14(4-5-15-3)7-11-8-16-9-12(11)13/h10-12H,4-9,13H2,1-3H3. The predicted octanol–water partition coefficient (Wildman–Crippen LogP) is 0.565. The van der Waals surface area contributed by atoms with Gasteiger partial charge in [-0.05, 0) is 5.92 Å². The van der Waals surface area contributed by atoms with Gasteiger partial charge < -0.3 is 20.1 Å². The first-order chi connectivity index (χ1) is 7.63. The van der Waals surface area contributed by atoms with E-state index in [1.165, 1.54) is 0 Å². The van der Waals surface area contributed by atoms with Gasteiger partial charge in [0.25, 0.3) is 0 Å². The summed E-state index contributed by atoms with van der Waals surface area (Å²) in [6.45, 7) is 9.91. The van der Waals surface area contributed by atoms with Gasteiger partial charge in [-0.25, -0.2) is 0 Å². The van der Waals surface area contributed by atoms with Gasteiger partial charge in [0.1, 0.15) is 0 Å². The summed E-state index contributed by atoms with van der Waals surface area (Å²) in [5, 5.41) is 0.